The van der Waals surface area contributed by atoms with Crippen molar-refractivity contribution in [2.75, 3.05) is 7.11 Å². The number of rotatable bonds is 3. The Labute approximate surface area is 118 Å². The van der Waals surface area contributed by atoms with Gasteiger partial charge in [-0.2, -0.15) is 0 Å². The van der Waals surface area contributed by atoms with Crippen molar-refractivity contribution in [3.8, 4) is 17.2 Å². The Morgan fingerprint density at radius 2 is 1.45 bits per heavy atom. The van der Waals surface area contributed by atoms with Gasteiger partial charge in [-0.05, 0) is 54.8 Å². The van der Waals surface area contributed by atoms with Crippen molar-refractivity contribution in [2.45, 2.75) is 13.8 Å². The predicted molar refractivity (Wildman–Crippen MR) is 80.9 cm³/mol. The fourth-order valence-corrected chi connectivity index (χ4v) is 2.12. The van der Waals surface area contributed by atoms with Crippen molar-refractivity contribution in [2.24, 2.45) is 0 Å². The van der Waals surface area contributed by atoms with Gasteiger partial charge in [-0.15, -0.1) is 0 Å². The minimum atomic E-state index is 0.181. The standard InChI is InChI=1S/C17H18O3/c1-11(13-4-6-14(18)7-5-13)12(2)16-9-8-15(19)10-17(16)20-3/h4-10,18-19H,1-3H3/b12-11+. The zero-order chi connectivity index (χ0) is 14.7. The van der Waals surface area contributed by atoms with E-state index in [1.165, 1.54) is 0 Å². The van der Waals surface area contributed by atoms with Gasteiger partial charge in [0.05, 0.1) is 7.11 Å². The Morgan fingerprint density at radius 1 is 0.850 bits per heavy atom. The second-order valence-corrected chi connectivity index (χ2v) is 4.68. The van der Waals surface area contributed by atoms with Crippen molar-refractivity contribution in [1.29, 1.82) is 0 Å². The summed E-state index contributed by atoms with van der Waals surface area (Å²) in [6.45, 7) is 4.03. The molecule has 0 atom stereocenters. The van der Waals surface area contributed by atoms with Crippen LogP contribution in [0.15, 0.2) is 42.5 Å². The molecule has 2 rings (SSSR count). The van der Waals surface area contributed by atoms with Gasteiger partial charge in [0.15, 0.2) is 0 Å². The van der Waals surface area contributed by atoms with Crippen LogP contribution in [-0.4, -0.2) is 17.3 Å². The Morgan fingerprint density at radius 3 is 2.05 bits per heavy atom. The molecule has 0 radical (unpaired) electrons. The number of methoxy groups -OCH3 is 1. The molecular weight excluding hydrogens is 252 g/mol. The third-order valence-electron chi connectivity index (χ3n) is 3.45. The molecule has 0 aliphatic carbocycles. The molecule has 2 aromatic carbocycles. The van der Waals surface area contributed by atoms with Crippen LogP contribution in [0.1, 0.15) is 25.0 Å². The summed E-state index contributed by atoms with van der Waals surface area (Å²) >= 11 is 0. The van der Waals surface area contributed by atoms with Crippen LogP contribution in [0.4, 0.5) is 0 Å². The van der Waals surface area contributed by atoms with Crippen LogP contribution in [0.25, 0.3) is 11.1 Å². The van der Waals surface area contributed by atoms with Crippen molar-refractivity contribution >= 4 is 11.1 Å². The summed E-state index contributed by atoms with van der Waals surface area (Å²) in [5, 5.41) is 18.9. The Kier molecular flexibility index (Phi) is 3.99. The first kappa shape index (κ1) is 14.0. The number of benzene rings is 2. The number of ether oxygens (including phenoxy) is 1. The van der Waals surface area contributed by atoms with Crippen LogP contribution in [0.5, 0.6) is 17.2 Å². The van der Waals surface area contributed by atoms with Crippen LogP contribution in [0, 0.1) is 0 Å². The molecule has 3 heteroatoms. The lowest BCUT2D eigenvalue weighted by Crippen LogP contribution is -1.92. The van der Waals surface area contributed by atoms with Gasteiger partial charge in [-0.1, -0.05) is 12.1 Å². The molecule has 104 valence electrons. The number of hydrogen-bond donors (Lipinski definition) is 2. The van der Waals surface area contributed by atoms with E-state index >= 15 is 0 Å². The molecule has 3 nitrogen and oxygen atoms in total. The summed E-state index contributed by atoms with van der Waals surface area (Å²) in [5.74, 6) is 1.07. The van der Waals surface area contributed by atoms with Crippen molar-refractivity contribution in [3.63, 3.8) is 0 Å². The molecule has 0 spiro atoms. The van der Waals surface area contributed by atoms with Crippen LogP contribution in [0.3, 0.4) is 0 Å². The van der Waals surface area contributed by atoms with E-state index < -0.39 is 0 Å². The minimum absolute atomic E-state index is 0.181. The molecule has 0 saturated heterocycles. The van der Waals surface area contributed by atoms with E-state index in [0.29, 0.717) is 5.75 Å². The van der Waals surface area contributed by atoms with E-state index in [4.69, 9.17) is 4.74 Å². The zero-order valence-corrected chi connectivity index (χ0v) is 11.8. The maximum Gasteiger partial charge on any atom is 0.130 e. The summed E-state index contributed by atoms with van der Waals surface area (Å²) in [5.41, 5.74) is 4.13. The average Bonchev–Trinajstić information content (AvgIpc) is 2.46. The summed E-state index contributed by atoms with van der Waals surface area (Å²) in [6, 6.07) is 12.2. The minimum Gasteiger partial charge on any atom is -0.508 e. The van der Waals surface area contributed by atoms with Gasteiger partial charge >= 0.3 is 0 Å². The van der Waals surface area contributed by atoms with E-state index in [1.807, 2.05) is 32.0 Å². The first-order valence-electron chi connectivity index (χ1n) is 6.37. The Bertz CT molecular complexity index is 640. The van der Waals surface area contributed by atoms with Crippen molar-refractivity contribution in [1.82, 2.24) is 0 Å². The lowest BCUT2D eigenvalue weighted by molar-refractivity contribution is 0.406. The lowest BCUT2D eigenvalue weighted by Gasteiger charge is -2.13. The van der Waals surface area contributed by atoms with Gasteiger partial charge in [-0.3, -0.25) is 0 Å². The molecule has 2 N–H and O–H groups in total. The van der Waals surface area contributed by atoms with Gasteiger partial charge in [-0.25, -0.2) is 0 Å². The topological polar surface area (TPSA) is 49.7 Å². The smallest absolute Gasteiger partial charge is 0.130 e. The molecular formula is C17H18O3. The van der Waals surface area contributed by atoms with Crippen LogP contribution < -0.4 is 4.74 Å². The summed E-state index contributed by atoms with van der Waals surface area (Å²) < 4.78 is 5.32. The molecule has 0 heterocycles. The Hall–Kier alpha value is -2.42. The maximum atomic E-state index is 9.51. The first-order valence-corrected chi connectivity index (χ1v) is 6.37. The molecule has 0 saturated carbocycles. The van der Waals surface area contributed by atoms with Gasteiger partial charge in [0.25, 0.3) is 0 Å². The van der Waals surface area contributed by atoms with Gasteiger partial charge < -0.3 is 14.9 Å². The number of hydrogen-bond acceptors (Lipinski definition) is 3. The number of phenols is 2. The molecule has 0 bridgehead atoms. The molecule has 0 aromatic heterocycles. The normalized spacial score (nSPS) is 11.9. The molecule has 2 aromatic rings. The van der Waals surface area contributed by atoms with Gasteiger partial charge in [0.1, 0.15) is 17.2 Å². The summed E-state index contributed by atoms with van der Waals surface area (Å²) in [6.07, 6.45) is 0. The maximum absolute atomic E-state index is 9.51. The quantitative estimate of drug-likeness (QED) is 0.827. The third-order valence-corrected chi connectivity index (χ3v) is 3.45. The highest BCUT2D eigenvalue weighted by Crippen LogP contribution is 2.34. The number of phenolic OH excluding ortho intramolecular Hbond substituents is 2. The van der Waals surface area contributed by atoms with E-state index in [9.17, 15) is 10.2 Å². The summed E-state index contributed by atoms with van der Waals surface area (Å²) in [7, 11) is 1.58. The SMILES string of the molecule is COc1cc(O)ccc1/C(C)=C(\C)c1ccc(O)cc1. The fraction of sp³-hybridized carbons (Fsp3) is 0.176. The first-order chi connectivity index (χ1) is 9.52. The van der Waals surface area contributed by atoms with E-state index in [0.717, 1.165) is 22.3 Å². The monoisotopic (exact) mass is 270 g/mol. The second kappa shape index (κ2) is 5.70. The highest BCUT2D eigenvalue weighted by atomic mass is 16.5. The van der Waals surface area contributed by atoms with Gasteiger partial charge in [0, 0.05) is 11.6 Å². The van der Waals surface area contributed by atoms with Crippen molar-refractivity contribution < 1.29 is 14.9 Å². The van der Waals surface area contributed by atoms with E-state index in [1.54, 1.807) is 31.4 Å². The largest absolute Gasteiger partial charge is 0.508 e. The Balaban J connectivity index is 2.50. The van der Waals surface area contributed by atoms with Crippen molar-refractivity contribution in [3.05, 3.63) is 53.6 Å². The third kappa shape index (κ3) is 2.77. The lowest BCUT2D eigenvalue weighted by atomic mass is 9.96. The predicted octanol–water partition coefficient (Wildman–Crippen LogP) is 4.06. The molecule has 20 heavy (non-hydrogen) atoms. The molecule has 0 aliphatic rings. The second-order valence-electron chi connectivity index (χ2n) is 4.68. The molecule has 0 amide bonds. The number of allylic oxidation sites excluding steroid dienone is 2. The summed E-state index contributed by atoms with van der Waals surface area (Å²) in [4.78, 5) is 0. The van der Waals surface area contributed by atoms with Crippen LogP contribution in [-0.2, 0) is 0 Å². The molecule has 0 fully saturated rings. The van der Waals surface area contributed by atoms with Crippen LogP contribution >= 0.6 is 0 Å². The number of aromatic hydroxyl groups is 2. The highest BCUT2D eigenvalue weighted by molar-refractivity contribution is 5.90. The average molecular weight is 270 g/mol. The highest BCUT2D eigenvalue weighted by Gasteiger charge is 2.09. The fourth-order valence-electron chi connectivity index (χ4n) is 2.12. The zero-order valence-electron chi connectivity index (χ0n) is 11.8. The van der Waals surface area contributed by atoms with Gasteiger partial charge in [0.2, 0.25) is 0 Å². The molecule has 0 aliphatic heterocycles. The van der Waals surface area contributed by atoms with E-state index in [2.05, 4.69) is 0 Å². The van der Waals surface area contributed by atoms with E-state index in [-0.39, 0.29) is 11.5 Å². The molecule has 0 unspecified atom stereocenters. The van der Waals surface area contributed by atoms with Crippen LogP contribution in [0.2, 0.25) is 0 Å².